The molecule has 0 aliphatic heterocycles. The van der Waals surface area contributed by atoms with Crippen molar-refractivity contribution in [2.75, 3.05) is 46.4 Å². The lowest BCUT2D eigenvalue weighted by molar-refractivity contribution is -0.140. The van der Waals surface area contributed by atoms with Crippen LogP contribution in [-0.4, -0.2) is 79.3 Å². The normalized spacial score (nSPS) is 12.3. The van der Waals surface area contributed by atoms with Crippen LogP contribution in [0.25, 0.3) is 0 Å². The Labute approximate surface area is 277 Å². The molecule has 0 aliphatic carbocycles. The highest BCUT2D eigenvalue weighted by atomic mass is 32.2. The molecule has 0 saturated heterocycles. The van der Waals surface area contributed by atoms with E-state index in [0.29, 0.717) is 29.2 Å². The molecule has 256 valence electrons. The van der Waals surface area contributed by atoms with Gasteiger partial charge >= 0.3 is 0 Å². The lowest BCUT2D eigenvalue weighted by atomic mass is 10.1. The summed E-state index contributed by atoms with van der Waals surface area (Å²) in [7, 11) is 2.75. The summed E-state index contributed by atoms with van der Waals surface area (Å²) < 4.78 is 57.0. The molecule has 1 N–H and O–H groups in total. The topological polar surface area (TPSA) is 133 Å². The number of amides is 2. The van der Waals surface area contributed by atoms with E-state index < -0.39 is 28.5 Å². The number of carbonyl (C=O) groups excluding carboxylic acids is 2. The predicted octanol–water partition coefficient (Wildman–Crippen LogP) is 4.65. The molecule has 0 aromatic heterocycles. The Hall–Kier alpha value is -4.65. The summed E-state index contributed by atoms with van der Waals surface area (Å²) in [6.07, 6.45) is 0.974. The average Bonchev–Trinajstić information content (AvgIpc) is 3.09. The molecule has 0 aliphatic rings. The number of carbonyl (C=O) groups is 2. The zero-order valence-electron chi connectivity index (χ0n) is 28.2. The summed E-state index contributed by atoms with van der Waals surface area (Å²) >= 11 is 0. The number of methoxy groups -OCH3 is 5. The highest BCUT2D eigenvalue weighted by Gasteiger charge is 2.35. The molecule has 0 saturated carbocycles. The molecule has 0 unspecified atom stereocenters. The Bertz CT molecular complexity index is 1630. The second-order valence-electron chi connectivity index (χ2n) is 10.7. The summed E-state index contributed by atoms with van der Waals surface area (Å²) in [6, 6.07) is 14.9. The van der Waals surface area contributed by atoms with Crippen LogP contribution in [0, 0.1) is 0 Å². The van der Waals surface area contributed by atoms with Crippen LogP contribution in [0.15, 0.2) is 65.6 Å². The van der Waals surface area contributed by atoms with Gasteiger partial charge in [0.15, 0.2) is 11.5 Å². The monoisotopic (exact) mass is 671 g/mol. The van der Waals surface area contributed by atoms with Crippen LogP contribution in [0.4, 0.5) is 5.69 Å². The first-order valence-corrected chi connectivity index (χ1v) is 16.6. The van der Waals surface area contributed by atoms with Crippen molar-refractivity contribution in [2.45, 2.75) is 57.1 Å². The van der Waals surface area contributed by atoms with Crippen LogP contribution in [0.2, 0.25) is 0 Å². The van der Waals surface area contributed by atoms with Crippen molar-refractivity contribution in [1.82, 2.24) is 10.2 Å². The van der Waals surface area contributed by atoms with Crippen molar-refractivity contribution in [2.24, 2.45) is 0 Å². The number of hydrogen-bond donors (Lipinski definition) is 1. The minimum atomic E-state index is -4.46. The van der Waals surface area contributed by atoms with E-state index in [0.717, 1.165) is 4.31 Å². The maximum absolute atomic E-state index is 14.5. The number of nitrogens with one attached hydrogen (secondary N) is 1. The SMILES string of the molecule is CC[C@H](C(=O)N[C@@H](C)CC)N(Cc1cccc(OC)c1)C(=O)CN(c1cc(OC)ccc1OC)S(=O)(=O)c1ccc(OC)c(OC)c1. The van der Waals surface area contributed by atoms with Crippen molar-refractivity contribution in [3.63, 3.8) is 0 Å². The van der Waals surface area contributed by atoms with Gasteiger partial charge in [-0.15, -0.1) is 0 Å². The summed E-state index contributed by atoms with van der Waals surface area (Å²) in [4.78, 5) is 29.3. The Balaban J connectivity index is 2.21. The predicted molar refractivity (Wildman–Crippen MR) is 179 cm³/mol. The zero-order valence-corrected chi connectivity index (χ0v) is 29.1. The Morgan fingerprint density at radius 2 is 1.40 bits per heavy atom. The highest BCUT2D eigenvalue weighted by Crippen LogP contribution is 2.38. The van der Waals surface area contributed by atoms with Gasteiger partial charge in [-0.3, -0.25) is 13.9 Å². The van der Waals surface area contributed by atoms with Gasteiger partial charge in [0.25, 0.3) is 10.0 Å². The first kappa shape index (κ1) is 36.8. The van der Waals surface area contributed by atoms with Crippen LogP contribution in [0.5, 0.6) is 28.7 Å². The fourth-order valence-corrected chi connectivity index (χ4v) is 6.37. The highest BCUT2D eigenvalue weighted by molar-refractivity contribution is 7.92. The maximum atomic E-state index is 14.5. The van der Waals surface area contributed by atoms with E-state index in [1.54, 1.807) is 37.3 Å². The van der Waals surface area contributed by atoms with Gasteiger partial charge in [0.05, 0.1) is 46.1 Å². The van der Waals surface area contributed by atoms with E-state index in [1.807, 2.05) is 19.9 Å². The number of sulfonamides is 1. The van der Waals surface area contributed by atoms with Gasteiger partial charge in [-0.1, -0.05) is 26.0 Å². The van der Waals surface area contributed by atoms with Crippen LogP contribution >= 0.6 is 0 Å². The van der Waals surface area contributed by atoms with Crippen LogP contribution in [0.1, 0.15) is 39.2 Å². The van der Waals surface area contributed by atoms with Crippen molar-refractivity contribution in [3.05, 3.63) is 66.2 Å². The molecule has 0 radical (unpaired) electrons. The minimum Gasteiger partial charge on any atom is -0.497 e. The van der Waals surface area contributed by atoms with Gasteiger partial charge < -0.3 is 33.9 Å². The Morgan fingerprint density at radius 1 is 0.766 bits per heavy atom. The molecule has 47 heavy (non-hydrogen) atoms. The van der Waals surface area contributed by atoms with E-state index in [4.69, 9.17) is 23.7 Å². The molecule has 3 rings (SSSR count). The van der Waals surface area contributed by atoms with Gasteiger partial charge in [0.1, 0.15) is 29.8 Å². The van der Waals surface area contributed by atoms with Crippen molar-refractivity contribution >= 4 is 27.5 Å². The largest absolute Gasteiger partial charge is 0.497 e. The Morgan fingerprint density at radius 3 is 2.00 bits per heavy atom. The van der Waals surface area contributed by atoms with Crippen LogP contribution < -0.4 is 33.3 Å². The fraction of sp³-hybridized carbons (Fsp3) is 0.412. The molecule has 3 aromatic rings. The average molecular weight is 672 g/mol. The third-order valence-corrected chi connectivity index (χ3v) is 9.51. The second-order valence-corrected chi connectivity index (χ2v) is 12.5. The van der Waals surface area contributed by atoms with Crippen LogP contribution in [-0.2, 0) is 26.2 Å². The van der Waals surface area contributed by atoms with E-state index >= 15 is 0 Å². The molecule has 3 aromatic carbocycles. The maximum Gasteiger partial charge on any atom is 0.265 e. The molecule has 0 spiro atoms. The molecule has 0 fully saturated rings. The number of nitrogens with zero attached hydrogens (tertiary/aromatic N) is 2. The molecular weight excluding hydrogens is 626 g/mol. The smallest absolute Gasteiger partial charge is 0.265 e. The standard InChI is InChI=1S/C34H45N3O9S/c1-9-23(3)35-34(39)28(10-2)36(21-24-12-11-13-25(18-24)42-4)33(38)22-37(29-19-26(43-5)14-16-30(29)44-6)47(40,41)27-15-17-31(45-7)32(20-27)46-8/h11-20,23,28H,9-10,21-22H2,1-8H3,(H,35,39)/t23-,28+/m0/s1. The first-order valence-electron chi connectivity index (χ1n) is 15.2. The second kappa shape index (κ2) is 16.8. The first-order chi connectivity index (χ1) is 22.5. The van der Waals surface area contributed by atoms with E-state index in [-0.39, 0.29) is 47.0 Å². The lowest BCUT2D eigenvalue weighted by Gasteiger charge is -2.34. The number of anilines is 1. The lowest BCUT2D eigenvalue weighted by Crippen LogP contribution is -2.53. The zero-order chi connectivity index (χ0) is 34.7. The molecule has 0 heterocycles. The Kier molecular flexibility index (Phi) is 13.1. The van der Waals surface area contributed by atoms with Crippen molar-refractivity contribution < 1.29 is 41.7 Å². The van der Waals surface area contributed by atoms with E-state index in [9.17, 15) is 18.0 Å². The number of ether oxygens (including phenoxy) is 5. The van der Waals surface area contributed by atoms with Crippen molar-refractivity contribution in [1.29, 1.82) is 0 Å². The summed E-state index contributed by atoms with van der Waals surface area (Å²) in [5.41, 5.74) is 0.758. The minimum absolute atomic E-state index is 0.0158. The van der Waals surface area contributed by atoms with Gasteiger partial charge in [0, 0.05) is 24.7 Å². The molecule has 0 bridgehead atoms. The van der Waals surface area contributed by atoms with E-state index in [1.165, 1.54) is 64.7 Å². The summed E-state index contributed by atoms with van der Waals surface area (Å²) in [6.45, 7) is 4.98. The molecule has 2 amide bonds. The third kappa shape index (κ3) is 8.79. The summed E-state index contributed by atoms with van der Waals surface area (Å²) in [5.74, 6) is 0.655. The summed E-state index contributed by atoms with van der Waals surface area (Å²) in [5, 5.41) is 2.97. The van der Waals surface area contributed by atoms with Crippen LogP contribution in [0.3, 0.4) is 0 Å². The van der Waals surface area contributed by atoms with E-state index in [2.05, 4.69) is 5.32 Å². The molecular formula is C34H45N3O9S. The number of benzene rings is 3. The number of hydrogen-bond acceptors (Lipinski definition) is 9. The molecule has 13 heteroatoms. The number of rotatable bonds is 17. The van der Waals surface area contributed by atoms with Gasteiger partial charge in [-0.2, -0.15) is 0 Å². The molecule has 12 nitrogen and oxygen atoms in total. The van der Waals surface area contributed by atoms with Gasteiger partial charge in [-0.25, -0.2) is 8.42 Å². The fourth-order valence-electron chi connectivity index (χ4n) is 4.94. The third-order valence-electron chi connectivity index (χ3n) is 7.75. The van der Waals surface area contributed by atoms with Gasteiger partial charge in [0.2, 0.25) is 11.8 Å². The van der Waals surface area contributed by atoms with Gasteiger partial charge in [-0.05, 0) is 61.7 Å². The van der Waals surface area contributed by atoms with Crippen molar-refractivity contribution in [3.8, 4) is 28.7 Å². The molecule has 2 atom stereocenters. The quantitative estimate of drug-likeness (QED) is 0.218.